The number of hydrogen-bond donors (Lipinski definition) is 0. The maximum atomic E-state index is 12.6. The van der Waals surface area contributed by atoms with Crippen LogP contribution in [0.15, 0.2) is 18.2 Å². The second kappa shape index (κ2) is 10.6. The van der Waals surface area contributed by atoms with E-state index in [1.807, 2.05) is 13.8 Å². The predicted octanol–water partition coefficient (Wildman–Crippen LogP) is 6.25. The Morgan fingerprint density at radius 2 is 1.55 bits per heavy atom. The minimum absolute atomic E-state index is 0.0897. The van der Waals surface area contributed by atoms with Gasteiger partial charge in [0.1, 0.15) is 0 Å². The summed E-state index contributed by atoms with van der Waals surface area (Å²) in [5, 5.41) is 0.892. The highest BCUT2D eigenvalue weighted by Gasteiger charge is 2.26. The molecular weight excluding hydrogens is 346 g/mol. The van der Waals surface area contributed by atoms with E-state index in [4.69, 9.17) is 36.8 Å². The van der Waals surface area contributed by atoms with E-state index < -0.39 is 7.82 Å². The summed E-state index contributed by atoms with van der Waals surface area (Å²) >= 11 is 11.8. The van der Waals surface area contributed by atoms with Crippen LogP contribution in [-0.4, -0.2) is 13.2 Å². The Hall–Kier alpha value is -0.0900. The van der Waals surface area contributed by atoms with Gasteiger partial charge in [0, 0.05) is 0 Å². The Labute approximate surface area is 142 Å². The van der Waals surface area contributed by atoms with Gasteiger partial charge in [0.2, 0.25) is 0 Å². The Kier molecular flexibility index (Phi) is 9.65. The van der Waals surface area contributed by atoms with Crippen molar-refractivity contribution in [1.29, 1.82) is 0 Å². The van der Waals surface area contributed by atoms with Crippen molar-refractivity contribution in [2.24, 2.45) is 0 Å². The van der Waals surface area contributed by atoms with Crippen molar-refractivity contribution in [1.82, 2.24) is 0 Å². The van der Waals surface area contributed by atoms with Crippen LogP contribution in [-0.2, 0) is 24.7 Å². The van der Waals surface area contributed by atoms with Gasteiger partial charge in [-0.1, -0.05) is 56.0 Å². The van der Waals surface area contributed by atoms with Gasteiger partial charge in [-0.3, -0.25) is 13.6 Å². The smallest absolute Gasteiger partial charge is 0.287 e. The highest BCUT2D eigenvalue weighted by Crippen LogP contribution is 2.50. The number of rotatable bonds is 11. The molecule has 0 aliphatic rings. The third-order valence-corrected chi connectivity index (χ3v) is 5.05. The van der Waals surface area contributed by atoms with Crippen LogP contribution in [0.4, 0.5) is 0 Å². The molecule has 0 aliphatic heterocycles. The number of benzene rings is 1. The van der Waals surface area contributed by atoms with Crippen LogP contribution in [0.5, 0.6) is 0 Å². The van der Waals surface area contributed by atoms with Crippen molar-refractivity contribution in [3.05, 3.63) is 33.8 Å². The lowest BCUT2D eigenvalue weighted by molar-refractivity contribution is 0.106. The molecule has 22 heavy (non-hydrogen) atoms. The summed E-state index contributed by atoms with van der Waals surface area (Å²) in [6.07, 6.45) is 3.50. The van der Waals surface area contributed by atoms with E-state index in [-0.39, 0.29) is 6.61 Å². The third-order valence-electron chi connectivity index (χ3n) is 2.87. The van der Waals surface area contributed by atoms with E-state index in [0.717, 1.165) is 31.2 Å². The van der Waals surface area contributed by atoms with Crippen molar-refractivity contribution in [3.8, 4) is 0 Å². The number of hydrogen-bond acceptors (Lipinski definition) is 4. The summed E-state index contributed by atoms with van der Waals surface area (Å²) < 4.78 is 28.7. The van der Waals surface area contributed by atoms with Crippen LogP contribution in [0.1, 0.15) is 45.1 Å². The summed E-state index contributed by atoms with van der Waals surface area (Å²) in [4.78, 5) is 0. The van der Waals surface area contributed by atoms with E-state index in [2.05, 4.69) is 0 Å². The Balaban J connectivity index is 2.61. The fourth-order valence-electron chi connectivity index (χ4n) is 1.54. The Bertz CT molecular complexity index is 482. The summed E-state index contributed by atoms with van der Waals surface area (Å²) in [5.41, 5.74) is 0.757. The zero-order valence-electron chi connectivity index (χ0n) is 13.0. The fourth-order valence-corrected chi connectivity index (χ4v) is 3.09. The fraction of sp³-hybridized carbons (Fsp3) is 0.600. The lowest BCUT2D eigenvalue weighted by Crippen LogP contribution is -2.03. The summed E-state index contributed by atoms with van der Waals surface area (Å²) in [6, 6.07) is 5.10. The number of phosphoric acid groups is 1. The van der Waals surface area contributed by atoms with Crippen molar-refractivity contribution >= 4 is 31.0 Å². The van der Waals surface area contributed by atoms with E-state index >= 15 is 0 Å². The number of unbranched alkanes of at least 4 members (excludes halogenated alkanes) is 2. The van der Waals surface area contributed by atoms with Crippen molar-refractivity contribution in [3.63, 3.8) is 0 Å². The predicted molar refractivity (Wildman–Crippen MR) is 90.6 cm³/mol. The Morgan fingerprint density at radius 1 is 0.955 bits per heavy atom. The molecule has 0 saturated heterocycles. The topological polar surface area (TPSA) is 44.8 Å². The SMILES string of the molecule is CCCCOP(=O)(OCCCC)OCc1ccc(Cl)c(Cl)c1. The highest BCUT2D eigenvalue weighted by molar-refractivity contribution is 7.48. The maximum absolute atomic E-state index is 12.6. The molecule has 1 rings (SSSR count). The van der Waals surface area contributed by atoms with Gasteiger partial charge in [-0.15, -0.1) is 0 Å². The molecule has 0 fully saturated rings. The van der Waals surface area contributed by atoms with Crippen molar-refractivity contribution in [2.75, 3.05) is 13.2 Å². The van der Waals surface area contributed by atoms with Crippen LogP contribution < -0.4 is 0 Å². The molecule has 4 nitrogen and oxygen atoms in total. The van der Waals surface area contributed by atoms with Crippen LogP contribution >= 0.6 is 31.0 Å². The van der Waals surface area contributed by atoms with Gasteiger partial charge in [0.15, 0.2) is 0 Å². The third kappa shape index (κ3) is 7.45. The molecule has 0 atom stereocenters. The molecule has 0 amide bonds. The second-order valence-corrected chi connectivity index (χ2v) is 7.33. The van der Waals surface area contributed by atoms with Gasteiger partial charge in [0.25, 0.3) is 0 Å². The molecule has 0 radical (unpaired) electrons. The molecule has 0 aliphatic carbocycles. The molecule has 0 N–H and O–H groups in total. The molecule has 0 unspecified atom stereocenters. The monoisotopic (exact) mass is 368 g/mol. The molecule has 1 aromatic carbocycles. The summed E-state index contributed by atoms with van der Waals surface area (Å²) in [5.74, 6) is 0. The minimum Gasteiger partial charge on any atom is -0.287 e. The first-order chi connectivity index (χ1) is 10.5. The normalized spacial score (nSPS) is 11.8. The van der Waals surface area contributed by atoms with Gasteiger partial charge in [-0.2, -0.15) is 0 Å². The largest absolute Gasteiger partial charge is 0.475 e. The van der Waals surface area contributed by atoms with E-state index in [1.54, 1.807) is 18.2 Å². The first kappa shape index (κ1) is 20.0. The van der Waals surface area contributed by atoms with E-state index in [9.17, 15) is 4.57 Å². The first-order valence-corrected chi connectivity index (χ1v) is 9.70. The molecule has 0 heterocycles. The first-order valence-electron chi connectivity index (χ1n) is 7.48. The van der Waals surface area contributed by atoms with E-state index in [1.165, 1.54) is 0 Å². The van der Waals surface area contributed by atoms with Crippen LogP contribution in [0, 0.1) is 0 Å². The highest BCUT2D eigenvalue weighted by atomic mass is 35.5. The molecule has 0 spiro atoms. The molecule has 0 aromatic heterocycles. The second-order valence-electron chi connectivity index (χ2n) is 4.84. The van der Waals surface area contributed by atoms with Gasteiger partial charge in [-0.25, -0.2) is 4.57 Å². The Morgan fingerprint density at radius 3 is 2.05 bits per heavy atom. The van der Waals surface area contributed by atoms with Gasteiger partial charge < -0.3 is 0 Å². The van der Waals surface area contributed by atoms with E-state index in [0.29, 0.717) is 23.3 Å². The molecule has 126 valence electrons. The van der Waals surface area contributed by atoms with Crippen LogP contribution in [0.2, 0.25) is 10.0 Å². The van der Waals surface area contributed by atoms with Crippen molar-refractivity contribution in [2.45, 2.75) is 46.1 Å². The summed E-state index contributed by atoms with van der Waals surface area (Å²) in [7, 11) is -3.55. The number of phosphoric ester groups is 1. The molecule has 1 aromatic rings. The van der Waals surface area contributed by atoms with Crippen LogP contribution in [0.25, 0.3) is 0 Å². The maximum Gasteiger partial charge on any atom is 0.475 e. The van der Waals surface area contributed by atoms with Gasteiger partial charge >= 0.3 is 7.82 Å². The quantitative estimate of drug-likeness (QED) is 0.342. The molecular formula is C15H23Cl2O4P. The molecule has 7 heteroatoms. The molecule has 0 bridgehead atoms. The standard InChI is InChI=1S/C15H23Cl2O4P/c1-3-5-9-19-22(18,20-10-6-4-2)21-12-13-7-8-14(16)15(17)11-13/h7-8,11H,3-6,9-10,12H2,1-2H3. The number of halogens is 2. The van der Waals surface area contributed by atoms with Crippen LogP contribution in [0.3, 0.4) is 0 Å². The summed E-state index contributed by atoms with van der Waals surface area (Å²) in [6.45, 7) is 4.85. The van der Waals surface area contributed by atoms with Gasteiger partial charge in [0.05, 0.1) is 29.9 Å². The molecule has 0 saturated carbocycles. The zero-order valence-corrected chi connectivity index (χ0v) is 15.4. The van der Waals surface area contributed by atoms with Crippen molar-refractivity contribution < 1.29 is 18.1 Å². The lowest BCUT2D eigenvalue weighted by atomic mass is 10.2. The lowest BCUT2D eigenvalue weighted by Gasteiger charge is -2.18. The van der Waals surface area contributed by atoms with Gasteiger partial charge in [-0.05, 0) is 30.5 Å². The minimum atomic E-state index is -3.55. The average Bonchev–Trinajstić information content (AvgIpc) is 2.49. The zero-order chi connectivity index (χ0) is 16.4. The average molecular weight is 369 g/mol.